The van der Waals surface area contributed by atoms with Crippen molar-refractivity contribution in [3.05, 3.63) is 15.3 Å². The molecule has 0 fully saturated rings. The highest BCUT2D eigenvalue weighted by Gasteiger charge is 2.29. The maximum atomic E-state index is 11.1. The molecule has 0 saturated heterocycles. The van der Waals surface area contributed by atoms with Crippen LogP contribution in [0, 0.1) is 15.3 Å². The van der Waals surface area contributed by atoms with E-state index in [9.17, 15) is 15.3 Å². The number of aromatic nitrogens is 5. The fourth-order valence-electron chi connectivity index (χ4n) is 1.00. The lowest BCUT2D eigenvalue weighted by molar-refractivity contribution is -0.579. The number of anilines is 2. The monoisotopic (exact) mass is 240 g/mol. The zero-order chi connectivity index (χ0) is 12.6. The van der Waals surface area contributed by atoms with Gasteiger partial charge in [-0.1, -0.05) is 9.97 Å². The molecule has 0 bridgehead atoms. The Hall–Kier alpha value is -3.05. The standard InChI is InChI=1S/C5H4N8O4/c6-4-8-2(9-5(7)12(4)14)1-3(13(15)16)11-17-10-1/h(H4,6,7,8,9). The first-order chi connectivity index (χ1) is 8.00. The van der Waals surface area contributed by atoms with Crippen LogP contribution >= 0.6 is 0 Å². The van der Waals surface area contributed by atoms with Crippen molar-refractivity contribution in [2.75, 3.05) is 11.5 Å². The molecule has 0 spiro atoms. The highest BCUT2D eigenvalue weighted by atomic mass is 16.6. The van der Waals surface area contributed by atoms with E-state index < -0.39 is 22.6 Å². The van der Waals surface area contributed by atoms with Gasteiger partial charge in [-0.2, -0.15) is 0 Å². The van der Waals surface area contributed by atoms with Gasteiger partial charge in [-0.3, -0.25) is 0 Å². The van der Waals surface area contributed by atoms with Crippen LogP contribution in [-0.2, 0) is 0 Å². The summed E-state index contributed by atoms with van der Waals surface area (Å²) in [6.07, 6.45) is 0. The topological polar surface area (TPSA) is 187 Å². The second-order valence-electron chi connectivity index (χ2n) is 2.75. The van der Waals surface area contributed by atoms with Gasteiger partial charge in [0.1, 0.15) is 0 Å². The first-order valence-electron chi connectivity index (χ1n) is 4.00. The number of hydrogen-bond donors (Lipinski definition) is 2. The predicted molar refractivity (Wildman–Crippen MR) is 49.8 cm³/mol. The van der Waals surface area contributed by atoms with E-state index >= 15 is 0 Å². The van der Waals surface area contributed by atoms with E-state index in [4.69, 9.17) is 11.5 Å². The minimum absolute atomic E-state index is 0.0584. The Morgan fingerprint density at radius 3 is 2.35 bits per heavy atom. The van der Waals surface area contributed by atoms with Gasteiger partial charge in [0.05, 0.1) is 0 Å². The number of rotatable bonds is 2. The molecule has 88 valence electrons. The van der Waals surface area contributed by atoms with Gasteiger partial charge >= 0.3 is 17.7 Å². The van der Waals surface area contributed by atoms with Crippen molar-refractivity contribution in [1.82, 2.24) is 20.3 Å². The normalized spacial score (nSPS) is 10.4. The van der Waals surface area contributed by atoms with Crippen LogP contribution in [0.15, 0.2) is 4.63 Å². The highest BCUT2D eigenvalue weighted by Crippen LogP contribution is 2.22. The first kappa shape index (κ1) is 10.5. The van der Waals surface area contributed by atoms with Crippen molar-refractivity contribution >= 4 is 17.7 Å². The molecule has 0 saturated carbocycles. The molecule has 2 aromatic rings. The second-order valence-corrected chi connectivity index (χ2v) is 2.75. The van der Waals surface area contributed by atoms with Crippen molar-refractivity contribution in [2.24, 2.45) is 0 Å². The summed E-state index contributed by atoms with van der Waals surface area (Å²) in [4.78, 5) is 16.7. The fraction of sp³-hybridized carbons (Fsp3) is 0. The average Bonchev–Trinajstić information content (AvgIpc) is 2.74. The Morgan fingerprint density at radius 1 is 1.24 bits per heavy atom. The van der Waals surface area contributed by atoms with Crippen LogP contribution in [-0.4, -0.2) is 25.2 Å². The molecule has 2 heterocycles. The van der Waals surface area contributed by atoms with E-state index in [1.54, 1.807) is 0 Å². The van der Waals surface area contributed by atoms with Gasteiger partial charge in [-0.15, -0.1) is 4.63 Å². The number of hydrogen-bond acceptors (Lipinski definition) is 10. The van der Waals surface area contributed by atoms with E-state index in [1.165, 1.54) is 0 Å². The van der Waals surface area contributed by atoms with E-state index in [0.29, 0.717) is 0 Å². The fourth-order valence-corrected chi connectivity index (χ4v) is 1.00. The zero-order valence-corrected chi connectivity index (χ0v) is 7.97. The van der Waals surface area contributed by atoms with Crippen LogP contribution in [0.5, 0.6) is 0 Å². The van der Waals surface area contributed by atoms with Crippen molar-refractivity contribution in [3.8, 4) is 11.5 Å². The van der Waals surface area contributed by atoms with Crippen LogP contribution in [0.4, 0.5) is 17.7 Å². The predicted octanol–water partition coefficient (Wildman–Crippen LogP) is -1.77. The average molecular weight is 240 g/mol. The number of nitro groups is 1. The third kappa shape index (κ3) is 1.62. The summed E-state index contributed by atoms with van der Waals surface area (Å²) >= 11 is 0. The molecule has 0 aromatic carbocycles. The summed E-state index contributed by atoms with van der Waals surface area (Å²) in [5.74, 6) is -2.07. The Labute approximate surface area is 91.6 Å². The van der Waals surface area contributed by atoms with Gasteiger partial charge in [-0.05, 0) is 10.1 Å². The Bertz CT molecular complexity index is 570. The van der Waals surface area contributed by atoms with Crippen LogP contribution in [0.3, 0.4) is 0 Å². The number of nitrogens with zero attached hydrogens (tertiary/aromatic N) is 6. The molecule has 2 rings (SSSR count). The summed E-state index contributed by atoms with van der Waals surface area (Å²) in [5, 5.41) is 27.9. The van der Waals surface area contributed by atoms with Crippen molar-refractivity contribution in [2.45, 2.75) is 0 Å². The Balaban J connectivity index is 2.61. The van der Waals surface area contributed by atoms with Crippen LogP contribution in [0.1, 0.15) is 0 Å². The summed E-state index contributed by atoms with van der Waals surface area (Å²) in [6, 6.07) is 0. The van der Waals surface area contributed by atoms with E-state index in [2.05, 4.69) is 24.9 Å². The van der Waals surface area contributed by atoms with Gasteiger partial charge in [0.15, 0.2) is 5.16 Å². The summed E-state index contributed by atoms with van der Waals surface area (Å²) in [6.45, 7) is 0. The molecule has 0 aliphatic rings. The third-order valence-electron chi connectivity index (χ3n) is 1.71. The third-order valence-corrected chi connectivity index (χ3v) is 1.71. The maximum Gasteiger partial charge on any atom is 0.447 e. The molecule has 2 aromatic heterocycles. The SMILES string of the molecule is Nc1nc(-c2nonc2[N+](=O)[O-])nc(N)[n+]1[O-]. The maximum absolute atomic E-state index is 11.1. The second kappa shape index (κ2) is 3.51. The van der Waals surface area contributed by atoms with E-state index in [1.807, 2.05) is 0 Å². The number of nitrogen functional groups attached to an aromatic ring is 2. The minimum Gasteiger partial charge on any atom is -0.762 e. The molecular formula is C5H4N8O4. The molecule has 0 radical (unpaired) electrons. The molecule has 0 amide bonds. The molecular weight excluding hydrogens is 236 g/mol. The van der Waals surface area contributed by atoms with E-state index in [-0.39, 0.29) is 16.2 Å². The molecule has 0 aliphatic heterocycles. The molecule has 12 nitrogen and oxygen atoms in total. The smallest absolute Gasteiger partial charge is 0.447 e. The lowest BCUT2D eigenvalue weighted by atomic mass is 10.4. The lowest BCUT2D eigenvalue weighted by Gasteiger charge is -2.07. The van der Waals surface area contributed by atoms with Crippen LogP contribution < -0.4 is 16.2 Å². The lowest BCUT2D eigenvalue weighted by Crippen LogP contribution is -2.36. The van der Waals surface area contributed by atoms with Crippen molar-refractivity contribution in [1.29, 1.82) is 0 Å². The van der Waals surface area contributed by atoms with Crippen LogP contribution in [0.25, 0.3) is 11.5 Å². The molecule has 4 N–H and O–H groups in total. The Morgan fingerprint density at radius 2 is 1.82 bits per heavy atom. The Kier molecular flexibility index (Phi) is 2.16. The minimum atomic E-state index is -0.847. The van der Waals surface area contributed by atoms with Gasteiger partial charge in [0.2, 0.25) is 0 Å². The van der Waals surface area contributed by atoms with Gasteiger partial charge in [0, 0.05) is 0 Å². The van der Waals surface area contributed by atoms with Gasteiger partial charge in [0.25, 0.3) is 11.5 Å². The van der Waals surface area contributed by atoms with Gasteiger partial charge in [-0.25, -0.2) is 4.73 Å². The largest absolute Gasteiger partial charge is 0.762 e. The molecule has 0 aliphatic carbocycles. The summed E-state index contributed by atoms with van der Waals surface area (Å²) in [7, 11) is 0. The summed E-state index contributed by atoms with van der Waals surface area (Å²) in [5.41, 5.74) is 10.1. The molecule has 12 heteroatoms. The van der Waals surface area contributed by atoms with E-state index in [0.717, 1.165) is 0 Å². The zero-order valence-electron chi connectivity index (χ0n) is 7.97. The highest BCUT2D eigenvalue weighted by molar-refractivity contribution is 5.59. The molecule has 0 unspecified atom stereocenters. The number of nitrogens with two attached hydrogens (primary N) is 2. The summed E-state index contributed by atoms with van der Waals surface area (Å²) < 4.78 is 4.24. The van der Waals surface area contributed by atoms with Crippen LogP contribution in [0.2, 0.25) is 0 Å². The van der Waals surface area contributed by atoms with Gasteiger partial charge < -0.3 is 26.8 Å². The molecule has 17 heavy (non-hydrogen) atoms. The van der Waals surface area contributed by atoms with Crippen molar-refractivity contribution in [3.63, 3.8) is 0 Å². The quantitative estimate of drug-likeness (QED) is 0.263. The first-order valence-corrected chi connectivity index (χ1v) is 4.00. The van der Waals surface area contributed by atoms with Crippen molar-refractivity contribution < 1.29 is 14.3 Å². The molecule has 0 atom stereocenters.